The molecule has 4 nitrogen and oxygen atoms in total. The van der Waals surface area contributed by atoms with Crippen molar-refractivity contribution < 1.29 is 20.4 Å². The highest BCUT2D eigenvalue weighted by molar-refractivity contribution is 5.20. The molecular formula is C46H74O4. The average molecular weight is 691 g/mol. The van der Waals surface area contributed by atoms with Gasteiger partial charge in [-0.1, -0.05) is 161 Å². The average Bonchev–Trinajstić information content (AvgIpc) is 3.92. The second kappa shape index (κ2) is 37.9. The van der Waals surface area contributed by atoms with E-state index >= 15 is 0 Å². The predicted molar refractivity (Wildman–Crippen MR) is 220 cm³/mol. The lowest BCUT2D eigenvalue weighted by Crippen LogP contribution is -2.15. The zero-order valence-electron chi connectivity index (χ0n) is 33.3. The van der Waals surface area contributed by atoms with E-state index in [0.29, 0.717) is 23.0 Å². The molecule has 4 N–H and O–H groups in total. The van der Waals surface area contributed by atoms with E-state index in [2.05, 4.69) is 27.7 Å². The maximum absolute atomic E-state index is 8.63. The minimum Gasteiger partial charge on any atom is -0.508 e. The smallest absolute Gasteiger partial charge is 0.115 e. The van der Waals surface area contributed by atoms with Crippen LogP contribution in [0.4, 0.5) is 0 Å². The molecule has 0 saturated heterocycles. The molecule has 282 valence electrons. The van der Waals surface area contributed by atoms with Crippen molar-refractivity contribution in [3.63, 3.8) is 0 Å². The molecule has 2 bridgehead atoms. The van der Waals surface area contributed by atoms with Gasteiger partial charge in [-0.3, -0.25) is 0 Å². The molecule has 4 aromatic rings. The van der Waals surface area contributed by atoms with Crippen LogP contribution < -0.4 is 0 Å². The summed E-state index contributed by atoms with van der Waals surface area (Å²) in [4.78, 5) is 0. The number of hydrogen-bond donors (Lipinski definition) is 4. The van der Waals surface area contributed by atoms with Crippen LogP contribution >= 0.6 is 0 Å². The van der Waals surface area contributed by atoms with Gasteiger partial charge in [-0.05, 0) is 104 Å². The molecule has 0 spiro atoms. The number of benzene rings is 4. The molecule has 4 atom stereocenters. The number of para-hydroxylation sites is 4. The quantitative estimate of drug-likeness (QED) is 0.148. The standard InChI is InChI=1S/C10H16.4C6H6O.2C3H8.3C2H6/c1-2-9-7-4-5-8(6-7)10(9)3-1;4*7-6-4-2-1-3-5-6;2*1-3-2;3*1-2/h7-10H,1-6H2;4*1-5,7H;2*3H2,1-2H3;3*1-2H3. The van der Waals surface area contributed by atoms with Crippen molar-refractivity contribution in [2.24, 2.45) is 23.7 Å². The Bertz CT molecular complexity index is 986. The summed E-state index contributed by atoms with van der Waals surface area (Å²) >= 11 is 0. The van der Waals surface area contributed by atoms with Gasteiger partial charge in [-0.25, -0.2) is 0 Å². The number of rotatable bonds is 0. The summed E-state index contributed by atoms with van der Waals surface area (Å²) in [6.07, 6.45) is 12.0. The van der Waals surface area contributed by atoms with E-state index < -0.39 is 0 Å². The zero-order valence-corrected chi connectivity index (χ0v) is 33.3. The largest absolute Gasteiger partial charge is 0.508 e. The Labute approximate surface area is 308 Å². The van der Waals surface area contributed by atoms with Crippen molar-refractivity contribution in [1.29, 1.82) is 0 Å². The third kappa shape index (κ3) is 27.0. The van der Waals surface area contributed by atoms with Crippen LogP contribution in [0.1, 0.15) is 121 Å². The molecule has 0 aliphatic heterocycles. The minimum atomic E-state index is 0.322. The van der Waals surface area contributed by atoms with Gasteiger partial charge < -0.3 is 20.4 Å². The molecule has 4 heteroatoms. The summed E-state index contributed by atoms with van der Waals surface area (Å²) < 4.78 is 0. The summed E-state index contributed by atoms with van der Waals surface area (Å²) in [6.45, 7) is 20.5. The predicted octanol–water partition coefficient (Wildman–Crippen LogP) is 14.3. The van der Waals surface area contributed by atoms with E-state index in [0.717, 1.165) is 0 Å². The summed E-state index contributed by atoms with van der Waals surface area (Å²) in [6, 6.07) is 34.9. The van der Waals surface area contributed by atoms with Crippen LogP contribution in [-0.4, -0.2) is 20.4 Å². The lowest BCUT2D eigenvalue weighted by molar-refractivity contribution is 0.259. The van der Waals surface area contributed by atoms with E-state index in [-0.39, 0.29) is 0 Å². The highest BCUT2D eigenvalue weighted by Gasteiger charge is 2.48. The summed E-state index contributed by atoms with van der Waals surface area (Å²) in [7, 11) is 0. The van der Waals surface area contributed by atoms with Gasteiger partial charge in [0.05, 0.1) is 0 Å². The fourth-order valence-electron chi connectivity index (χ4n) is 5.73. The van der Waals surface area contributed by atoms with Gasteiger partial charge in [0.25, 0.3) is 0 Å². The van der Waals surface area contributed by atoms with Crippen LogP contribution in [0.3, 0.4) is 0 Å². The molecule has 50 heavy (non-hydrogen) atoms. The van der Waals surface area contributed by atoms with Crippen LogP contribution in [0.15, 0.2) is 121 Å². The molecule has 0 heterocycles. The SMILES string of the molecule is C1CC2C3CCC(C3)C2C1.CC.CC.CC.CCC.CCC.Oc1ccccc1.Oc1ccccc1.Oc1ccccc1.Oc1ccccc1. The zero-order chi connectivity index (χ0) is 38.4. The van der Waals surface area contributed by atoms with Crippen LogP contribution in [0.2, 0.25) is 0 Å². The van der Waals surface area contributed by atoms with Crippen LogP contribution in [0.5, 0.6) is 23.0 Å². The van der Waals surface area contributed by atoms with Gasteiger partial charge in [0, 0.05) is 0 Å². The summed E-state index contributed by atoms with van der Waals surface area (Å²) in [5.74, 6) is 6.09. The number of phenols is 4. The molecular weight excluding hydrogens is 617 g/mol. The van der Waals surface area contributed by atoms with Crippen LogP contribution in [0, 0.1) is 23.7 Å². The van der Waals surface area contributed by atoms with Crippen molar-refractivity contribution >= 4 is 0 Å². The van der Waals surface area contributed by atoms with Crippen molar-refractivity contribution in [3.8, 4) is 23.0 Å². The van der Waals surface area contributed by atoms with Crippen molar-refractivity contribution in [3.05, 3.63) is 121 Å². The Morgan fingerprint density at radius 3 is 0.740 bits per heavy atom. The van der Waals surface area contributed by atoms with Gasteiger partial charge in [0.1, 0.15) is 23.0 Å². The van der Waals surface area contributed by atoms with E-state index in [4.69, 9.17) is 20.4 Å². The third-order valence-corrected chi connectivity index (χ3v) is 7.37. The number of phenolic OH excluding ortho intramolecular Hbond substituents is 4. The molecule has 3 saturated carbocycles. The van der Waals surface area contributed by atoms with E-state index in [1.54, 1.807) is 136 Å². The van der Waals surface area contributed by atoms with Crippen molar-refractivity contribution in [2.75, 3.05) is 0 Å². The van der Waals surface area contributed by atoms with Gasteiger partial charge >= 0.3 is 0 Å². The van der Waals surface area contributed by atoms with Crippen molar-refractivity contribution in [2.45, 2.75) is 121 Å². The molecule has 3 aliphatic carbocycles. The fraction of sp³-hybridized carbons (Fsp3) is 0.478. The molecule has 3 fully saturated rings. The topological polar surface area (TPSA) is 80.9 Å². The fourth-order valence-corrected chi connectivity index (χ4v) is 5.73. The monoisotopic (exact) mass is 691 g/mol. The maximum Gasteiger partial charge on any atom is 0.115 e. The number of hydrogen-bond acceptors (Lipinski definition) is 4. The number of aromatic hydroxyl groups is 4. The lowest BCUT2D eigenvalue weighted by Gasteiger charge is -2.23. The summed E-state index contributed by atoms with van der Waals surface area (Å²) in [5, 5.41) is 34.5. The highest BCUT2D eigenvalue weighted by atomic mass is 16.3. The van der Waals surface area contributed by atoms with E-state index in [1.807, 2.05) is 65.8 Å². The second-order valence-corrected chi connectivity index (χ2v) is 11.3. The molecule has 0 radical (unpaired) electrons. The Kier molecular flexibility index (Phi) is 38.2. The first-order chi connectivity index (χ1) is 24.4. The van der Waals surface area contributed by atoms with Crippen LogP contribution in [0.25, 0.3) is 0 Å². The highest BCUT2D eigenvalue weighted by Crippen LogP contribution is 2.58. The van der Waals surface area contributed by atoms with E-state index in [1.165, 1.54) is 36.5 Å². The van der Waals surface area contributed by atoms with Gasteiger partial charge in [-0.2, -0.15) is 0 Å². The van der Waals surface area contributed by atoms with Crippen LogP contribution in [-0.2, 0) is 0 Å². The Hall–Kier alpha value is -3.92. The molecule has 7 rings (SSSR count). The summed E-state index contributed by atoms with van der Waals surface area (Å²) in [5.41, 5.74) is 0. The molecule has 4 unspecified atom stereocenters. The second-order valence-electron chi connectivity index (χ2n) is 11.3. The minimum absolute atomic E-state index is 0.322. The van der Waals surface area contributed by atoms with Crippen molar-refractivity contribution in [1.82, 2.24) is 0 Å². The first-order valence-corrected chi connectivity index (χ1v) is 19.3. The van der Waals surface area contributed by atoms with E-state index in [9.17, 15) is 0 Å². The van der Waals surface area contributed by atoms with Gasteiger partial charge in [0.15, 0.2) is 0 Å². The Morgan fingerprint density at radius 1 is 0.380 bits per heavy atom. The third-order valence-electron chi connectivity index (χ3n) is 7.37. The first kappa shape index (κ1) is 50.5. The normalized spacial score (nSPS) is 17.4. The Balaban J connectivity index is -0.000000516. The maximum atomic E-state index is 8.63. The molecule has 0 aromatic heterocycles. The molecule has 0 amide bonds. The number of fused-ring (bicyclic) bond motifs is 5. The molecule has 3 aliphatic rings. The Morgan fingerprint density at radius 2 is 0.580 bits per heavy atom. The first-order valence-electron chi connectivity index (χ1n) is 19.3. The van der Waals surface area contributed by atoms with Gasteiger partial charge in [0.2, 0.25) is 0 Å². The molecule has 4 aromatic carbocycles. The lowest BCUT2D eigenvalue weighted by atomic mass is 9.82. The van der Waals surface area contributed by atoms with Gasteiger partial charge in [-0.15, -0.1) is 0 Å².